The molecule has 0 aliphatic carbocycles. The molecule has 0 spiro atoms. The first-order valence-corrected chi connectivity index (χ1v) is 7.95. The van der Waals surface area contributed by atoms with E-state index in [-0.39, 0.29) is 5.41 Å². The number of nitrogens with zero attached hydrogens (tertiary/aromatic N) is 2. The number of aromatic amines is 1. The molecule has 2 N–H and O–H groups in total. The number of carboxylic acid groups (broad SMARTS) is 1. The van der Waals surface area contributed by atoms with Crippen molar-refractivity contribution in [1.29, 1.82) is 0 Å². The highest BCUT2D eigenvalue weighted by molar-refractivity contribution is 5.89. The summed E-state index contributed by atoms with van der Waals surface area (Å²) in [6.45, 7) is 9.01. The number of rotatable bonds is 3. The van der Waals surface area contributed by atoms with E-state index in [1.807, 2.05) is 18.3 Å². The number of aromatic nitrogens is 2. The van der Waals surface area contributed by atoms with Crippen LogP contribution in [0.3, 0.4) is 0 Å². The maximum atomic E-state index is 11.3. The van der Waals surface area contributed by atoms with Gasteiger partial charge in [0.05, 0.1) is 11.8 Å². The van der Waals surface area contributed by atoms with Gasteiger partial charge in [0.15, 0.2) is 0 Å². The highest BCUT2D eigenvalue weighted by atomic mass is 16.4. The molecular formula is C18H23N3O2. The quantitative estimate of drug-likeness (QED) is 0.914. The number of carboxylic acids is 1. The lowest BCUT2D eigenvalue weighted by Crippen LogP contribution is -2.31. The fourth-order valence-corrected chi connectivity index (χ4v) is 3.32. The topological polar surface area (TPSA) is 69.2 Å². The third-order valence-electron chi connectivity index (χ3n) is 4.44. The number of benzene rings is 1. The Morgan fingerprint density at radius 1 is 1.39 bits per heavy atom. The fourth-order valence-electron chi connectivity index (χ4n) is 3.32. The normalized spacial score (nSPS) is 15.4. The summed E-state index contributed by atoms with van der Waals surface area (Å²) < 4.78 is 0. The van der Waals surface area contributed by atoms with Crippen LogP contribution in [0.5, 0.6) is 0 Å². The Morgan fingerprint density at radius 3 is 2.87 bits per heavy atom. The van der Waals surface area contributed by atoms with Crippen molar-refractivity contribution in [2.45, 2.75) is 45.7 Å². The number of H-pyrrole nitrogens is 1. The Labute approximate surface area is 136 Å². The van der Waals surface area contributed by atoms with E-state index in [1.54, 1.807) is 6.07 Å². The maximum absolute atomic E-state index is 11.3. The van der Waals surface area contributed by atoms with Crippen LogP contribution in [0.2, 0.25) is 0 Å². The molecule has 2 aromatic rings. The number of hydrogen-bond donors (Lipinski definition) is 2. The van der Waals surface area contributed by atoms with Gasteiger partial charge in [0, 0.05) is 36.3 Å². The van der Waals surface area contributed by atoms with Crippen LogP contribution in [-0.4, -0.2) is 32.7 Å². The third-order valence-corrected chi connectivity index (χ3v) is 4.44. The van der Waals surface area contributed by atoms with Gasteiger partial charge in [-0.05, 0) is 23.6 Å². The molecule has 0 atom stereocenters. The minimum absolute atomic E-state index is 0.0377. The smallest absolute Gasteiger partial charge is 0.335 e. The van der Waals surface area contributed by atoms with E-state index < -0.39 is 5.97 Å². The van der Waals surface area contributed by atoms with E-state index in [9.17, 15) is 9.90 Å². The molecule has 5 nitrogen and oxygen atoms in total. The Balaban J connectivity index is 1.80. The van der Waals surface area contributed by atoms with E-state index in [1.165, 1.54) is 11.3 Å². The fraction of sp³-hybridized carbons (Fsp3) is 0.444. The van der Waals surface area contributed by atoms with Crippen LogP contribution in [-0.2, 0) is 24.9 Å². The average Bonchev–Trinajstić information content (AvgIpc) is 2.94. The summed E-state index contributed by atoms with van der Waals surface area (Å²) in [4.78, 5) is 13.7. The van der Waals surface area contributed by atoms with Gasteiger partial charge in [-0.25, -0.2) is 4.79 Å². The van der Waals surface area contributed by atoms with Crippen molar-refractivity contribution in [3.05, 3.63) is 52.3 Å². The second-order valence-electron chi connectivity index (χ2n) is 7.23. The highest BCUT2D eigenvalue weighted by Crippen LogP contribution is 2.27. The van der Waals surface area contributed by atoms with Crippen molar-refractivity contribution in [2.75, 3.05) is 6.54 Å². The summed E-state index contributed by atoms with van der Waals surface area (Å²) in [7, 11) is 0. The van der Waals surface area contributed by atoms with E-state index in [2.05, 4.69) is 35.9 Å². The molecule has 0 amide bonds. The van der Waals surface area contributed by atoms with Gasteiger partial charge in [-0.2, -0.15) is 5.10 Å². The summed E-state index contributed by atoms with van der Waals surface area (Å²) in [5.74, 6) is -0.833. The molecular weight excluding hydrogens is 290 g/mol. The van der Waals surface area contributed by atoms with Crippen molar-refractivity contribution < 1.29 is 9.90 Å². The highest BCUT2D eigenvalue weighted by Gasteiger charge is 2.24. The molecule has 0 bridgehead atoms. The summed E-state index contributed by atoms with van der Waals surface area (Å²) in [5.41, 5.74) is 4.98. The molecule has 1 aromatic carbocycles. The van der Waals surface area contributed by atoms with Crippen molar-refractivity contribution in [1.82, 2.24) is 15.1 Å². The van der Waals surface area contributed by atoms with Crippen LogP contribution < -0.4 is 0 Å². The van der Waals surface area contributed by atoms with Crippen molar-refractivity contribution in [3.63, 3.8) is 0 Å². The van der Waals surface area contributed by atoms with Gasteiger partial charge >= 0.3 is 5.97 Å². The molecule has 23 heavy (non-hydrogen) atoms. The molecule has 0 radical (unpaired) electrons. The minimum atomic E-state index is -0.833. The molecule has 1 aliphatic rings. The zero-order valence-corrected chi connectivity index (χ0v) is 13.9. The monoisotopic (exact) mass is 313 g/mol. The van der Waals surface area contributed by atoms with Crippen LogP contribution in [0.4, 0.5) is 0 Å². The zero-order valence-electron chi connectivity index (χ0n) is 13.9. The van der Waals surface area contributed by atoms with Crippen molar-refractivity contribution in [3.8, 4) is 0 Å². The molecule has 5 heteroatoms. The van der Waals surface area contributed by atoms with Crippen molar-refractivity contribution in [2.24, 2.45) is 0 Å². The van der Waals surface area contributed by atoms with Gasteiger partial charge in [-0.3, -0.25) is 10.00 Å². The molecule has 0 unspecified atom stereocenters. The lowest BCUT2D eigenvalue weighted by atomic mass is 9.89. The molecule has 3 rings (SSSR count). The molecule has 0 saturated heterocycles. The number of nitrogens with one attached hydrogen (secondary N) is 1. The van der Waals surface area contributed by atoms with Crippen LogP contribution >= 0.6 is 0 Å². The van der Waals surface area contributed by atoms with Crippen LogP contribution in [0.25, 0.3) is 0 Å². The number of fused-ring (bicyclic) bond motifs is 1. The largest absolute Gasteiger partial charge is 0.478 e. The van der Waals surface area contributed by atoms with Gasteiger partial charge < -0.3 is 5.11 Å². The van der Waals surface area contributed by atoms with E-state index >= 15 is 0 Å². The third kappa shape index (κ3) is 3.15. The molecule has 0 saturated carbocycles. The average molecular weight is 313 g/mol. The van der Waals surface area contributed by atoms with Gasteiger partial charge in [0.1, 0.15) is 0 Å². The summed E-state index contributed by atoms with van der Waals surface area (Å²) in [6.07, 6.45) is 2.68. The van der Waals surface area contributed by atoms with Crippen LogP contribution in [0.1, 0.15) is 53.5 Å². The predicted octanol–water partition coefficient (Wildman–Crippen LogP) is 2.96. The van der Waals surface area contributed by atoms with E-state index in [0.717, 1.165) is 37.2 Å². The van der Waals surface area contributed by atoms with E-state index in [0.29, 0.717) is 5.56 Å². The molecule has 122 valence electrons. The molecule has 0 fully saturated rings. The SMILES string of the molecule is CC(C)(C)c1[nH]ncc1CN1CCc2c(cccc2C(=O)O)C1. The Hall–Kier alpha value is -2.14. The summed E-state index contributed by atoms with van der Waals surface area (Å²) >= 11 is 0. The summed E-state index contributed by atoms with van der Waals surface area (Å²) in [6, 6.07) is 5.57. The number of carbonyl (C=O) groups is 1. The molecule has 1 aliphatic heterocycles. The Bertz CT molecular complexity index is 728. The first kappa shape index (κ1) is 15.7. The van der Waals surface area contributed by atoms with Gasteiger partial charge in [-0.1, -0.05) is 32.9 Å². The van der Waals surface area contributed by atoms with Gasteiger partial charge in [0.2, 0.25) is 0 Å². The second-order valence-corrected chi connectivity index (χ2v) is 7.23. The molecule has 1 aromatic heterocycles. The van der Waals surface area contributed by atoms with Crippen molar-refractivity contribution >= 4 is 5.97 Å². The standard InChI is InChI=1S/C18H23N3O2/c1-18(2,3)16-13(9-19-20-16)11-21-8-7-14-12(10-21)5-4-6-15(14)17(22)23/h4-6,9H,7-8,10-11H2,1-3H3,(H,19,20)(H,22,23). The van der Waals surface area contributed by atoms with Gasteiger partial charge in [0.25, 0.3) is 0 Å². The minimum Gasteiger partial charge on any atom is -0.478 e. The van der Waals surface area contributed by atoms with Crippen LogP contribution in [0, 0.1) is 0 Å². The molecule has 2 heterocycles. The first-order chi connectivity index (χ1) is 10.9. The lowest BCUT2D eigenvalue weighted by molar-refractivity contribution is 0.0694. The van der Waals surface area contributed by atoms with Crippen LogP contribution in [0.15, 0.2) is 24.4 Å². The first-order valence-electron chi connectivity index (χ1n) is 7.95. The number of hydrogen-bond acceptors (Lipinski definition) is 3. The number of aromatic carboxylic acids is 1. The van der Waals surface area contributed by atoms with E-state index in [4.69, 9.17) is 0 Å². The summed E-state index contributed by atoms with van der Waals surface area (Å²) in [5, 5.41) is 16.6. The maximum Gasteiger partial charge on any atom is 0.335 e. The second kappa shape index (κ2) is 5.81. The zero-order chi connectivity index (χ0) is 16.6. The lowest BCUT2D eigenvalue weighted by Gasteiger charge is -2.30. The Kier molecular flexibility index (Phi) is 3.98. The van der Waals surface area contributed by atoms with Gasteiger partial charge in [-0.15, -0.1) is 0 Å². The predicted molar refractivity (Wildman–Crippen MR) is 88.5 cm³/mol. The Morgan fingerprint density at radius 2 is 2.17 bits per heavy atom.